The summed E-state index contributed by atoms with van der Waals surface area (Å²) in [6, 6.07) is 7.27. The van der Waals surface area contributed by atoms with Crippen LogP contribution in [0.5, 0.6) is 5.75 Å². The van der Waals surface area contributed by atoms with Gasteiger partial charge in [-0.1, -0.05) is 30.0 Å². The van der Waals surface area contributed by atoms with E-state index < -0.39 is 11.9 Å². The minimum atomic E-state index is -0.606. The van der Waals surface area contributed by atoms with Crippen molar-refractivity contribution in [1.29, 1.82) is 0 Å². The molecule has 1 aliphatic heterocycles. The van der Waals surface area contributed by atoms with Crippen LogP contribution in [0.25, 0.3) is 0 Å². The van der Waals surface area contributed by atoms with E-state index in [-0.39, 0.29) is 12.2 Å². The Morgan fingerprint density at radius 3 is 2.69 bits per heavy atom. The summed E-state index contributed by atoms with van der Waals surface area (Å²) in [6.07, 6.45) is 1.74. The van der Waals surface area contributed by atoms with Gasteiger partial charge in [-0.3, -0.25) is 4.79 Å². The van der Waals surface area contributed by atoms with Gasteiger partial charge in [0.15, 0.2) is 5.16 Å². The molecule has 0 bridgehead atoms. The molecule has 0 saturated carbocycles. The summed E-state index contributed by atoms with van der Waals surface area (Å²) < 4.78 is 10.5. The minimum Gasteiger partial charge on any atom is -0.497 e. The lowest BCUT2D eigenvalue weighted by molar-refractivity contribution is -0.138. The average molecular weight is 413 g/mol. The number of methoxy groups -OCH3 is 1. The number of nitrogens with one attached hydrogen (secondary N) is 2. The number of aromatic amines is 1. The van der Waals surface area contributed by atoms with Gasteiger partial charge in [0.1, 0.15) is 11.6 Å². The van der Waals surface area contributed by atoms with Crippen molar-refractivity contribution in [2.24, 2.45) is 0 Å². The summed E-state index contributed by atoms with van der Waals surface area (Å²) in [7, 11) is 1.58. The van der Waals surface area contributed by atoms with E-state index in [9.17, 15) is 9.59 Å². The fraction of sp³-hybridized carbons (Fsp3) is 0.286. The van der Waals surface area contributed by atoms with E-state index in [1.54, 1.807) is 39.2 Å². The van der Waals surface area contributed by atoms with Crippen LogP contribution in [0.4, 0.5) is 5.82 Å². The van der Waals surface area contributed by atoms with Crippen LogP contribution in [0.1, 0.15) is 30.9 Å². The number of esters is 1. The molecular formula is C21H23N3O4S. The first-order valence-electron chi connectivity index (χ1n) is 9.16. The lowest BCUT2D eigenvalue weighted by Gasteiger charge is -2.28. The molecular weight excluding hydrogens is 390 g/mol. The molecule has 0 unspecified atom stereocenters. The summed E-state index contributed by atoms with van der Waals surface area (Å²) in [4.78, 5) is 33.1. The van der Waals surface area contributed by atoms with Crippen LogP contribution in [0.15, 0.2) is 58.1 Å². The average Bonchev–Trinajstić information content (AvgIpc) is 2.71. The van der Waals surface area contributed by atoms with Gasteiger partial charge < -0.3 is 19.8 Å². The number of allylic oxidation sites excluding steroid dienone is 1. The highest BCUT2D eigenvalue weighted by atomic mass is 32.2. The zero-order valence-electron chi connectivity index (χ0n) is 16.6. The van der Waals surface area contributed by atoms with Gasteiger partial charge >= 0.3 is 5.97 Å². The number of nitrogens with zero attached hydrogens (tertiary/aromatic N) is 1. The van der Waals surface area contributed by atoms with Gasteiger partial charge in [0.2, 0.25) is 0 Å². The van der Waals surface area contributed by atoms with Crippen molar-refractivity contribution in [1.82, 2.24) is 9.97 Å². The molecule has 2 heterocycles. The largest absolute Gasteiger partial charge is 0.497 e. The zero-order valence-corrected chi connectivity index (χ0v) is 17.4. The molecule has 29 heavy (non-hydrogen) atoms. The van der Waals surface area contributed by atoms with Crippen molar-refractivity contribution in [3.63, 3.8) is 0 Å². The number of anilines is 1. The number of carbonyl (C=O) groups is 1. The molecule has 0 aliphatic carbocycles. The van der Waals surface area contributed by atoms with Crippen molar-refractivity contribution < 1.29 is 14.3 Å². The van der Waals surface area contributed by atoms with E-state index in [1.807, 2.05) is 12.1 Å². The molecule has 8 heteroatoms. The van der Waals surface area contributed by atoms with E-state index in [2.05, 4.69) is 21.9 Å². The number of fused-ring (bicyclic) bond motifs is 1. The van der Waals surface area contributed by atoms with Gasteiger partial charge in [0.25, 0.3) is 5.56 Å². The van der Waals surface area contributed by atoms with Crippen LogP contribution in [-0.4, -0.2) is 35.4 Å². The molecule has 3 rings (SSSR count). The topological polar surface area (TPSA) is 93.3 Å². The SMILES string of the molecule is C=CCSc1nc2c(c(=O)[nH]1)[C@H](c1ccc(OC)cc1)C(C(=O)OCC)=C(C)N2. The molecule has 1 aromatic carbocycles. The normalized spacial score (nSPS) is 15.3. The monoisotopic (exact) mass is 413 g/mol. The van der Waals surface area contributed by atoms with E-state index in [0.29, 0.717) is 39.3 Å². The number of ether oxygens (including phenoxy) is 2. The van der Waals surface area contributed by atoms with Crippen LogP contribution >= 0.6 is 11.8 Å². The third-order valence-electron chi connectivity index (χ3n) is 4.50. The molecule has 2 N–H and O–H groups in total. The molecule has 0 radical (unpaired) electrons. The van der Waals surface area contributed by atoms with Crippen molar-refractivity contribution in [2.45, 2.75) is 24.9 Å². The molecule has 7 nitrogen and oxygen atoms in total. The Bertz CT molecular complexity index is 1010. The number of hydrogen-bond acceptors (Lipinski definition) is 7. The number of thioether (sulfide) groups is 1. The maximum atomic E-state index is 13.0. The molecule has 0 fully saturated rings. The lowest BCUT2D eigenvalue weighted by Crippen LogP contribution is -2.31. The Balaban J connectivity index is 2.18. The maximum absolute atomic E-state index is 13.0. The van der Waals surface area contributed by atoms with Crippen LogP contribution < -0.4 is 15.6 Å². The van der Waals surface area contributed by atoms with E-state index in [1.165, 1.54) is 11.8 Å². The highest BCUT2D eigenvalue weighted by molar-refractivity contribution is 7.99. The predicted octanol–water partition coefficient (Wildman–Crippen LogP) is 3.45. The number of benzene rings is 1. The van der Waals surface area contributed by atoms with Crippen molar-refractivity contribution in [3.05, 3.63) is 69.7 Å². The maximum Gasteiger partial charge on any atom is 0.336 e. The van der Waals surface area contributed by atoms with E-state index >= 15 is 0 Å². The van der Waals surface area contributed by atoms with Crippen molar-refractivity contribution in [3.8, 4) is 5.75 Å². The van der Waals surface area contributed by atoms with Crippen molar-refractivity contribution in [2.75, 3.05) is 24.8 Å². The smallest absolute Gasteiger partial charge is 0.336 e. The fourth-order valence-electron chi connectivity index (χ4n) is 3.25. The second-order valence-electron chi connectivity index (χ2n) is 6.32. The molecule has 152 valence electrons. The molecule has 1 aromatic heterocycles. The van der Waals surface area contributed by atoms with Crippen LogP contribution in [0.2, 0.25) is 0 Å². The third kappa shape index (κ3) is 4.22. The van der Waals surface area contributed by atoms with Gasteiger partial charge in [0, 0.05) is 11.4 Å². The minimum absolute atomic E-state index is 0.240. The van der Waals surface area contributed by atoms with Crippen LogP contribution in [0, 0.1) is 0 Å². The number of rotatable bonds is 7. The quantitative estimate of drug-likeness (QED) is 0.311. The number of aromatic nitrogens is 2. The molecule has 0 saturated heterocycles. The zero-order chi connectivity index (χ0) is 21.0. The Morgan fingerprint density at radius 1 is 1.34 bits per heavy atom. The Labute approximate surface area is 173 Å². The Kier molecular flexibility index (Phi) is 6.43. The molecule has 0 amide bonds. The van der Waals surface area contributed by atoms with Gasteiger partial charge in [-0.2, -0.15) is 0 Å². The summed E-state index contributed by atoms with van der Waals surface area (Å²) >= 11 is 1.38. The first-order valence-corrected chi connectivity index (χ1v) is 10.2. The number of carbonyl (C=O) groups excluding carboxylic acids is 1. The summed E-state index contributed by atoms with van der Waals surface area (Å²) in [5, 5.41) is 3.60. The number of hydrogen-bond donors (Lipinski definition) is 2. The highest BCUT2D eigenvalue weighted by Gasteiger charge is 2.36. The predicted molar refractivity (Wildman–Crippen MR) is 114 cm³/mol. The Hall–Kier alpha value is -3.00. The van der Waals surface area contributed by atoms with Gasteiger partial charge in [-0.25, -0.2) is 9.78 Å². The van der Waals surface area contributed by atoms with Crippen LogP contribution in [0.3, 0.4) is 0 Å². The second-order valence-corrected chi connectivity index (χ2v) is 7.33. The molecule has 1 atom stereocenters. The standard InChI is InChI=1S/C21H23N3O4S/c1-5-11-29-21-23-18-17(19(25)24-21)16(13-7-9-14(27-4)10-8-13)15(12(3)22-18)20(26)28-6-2/h5,7-10,16H,1,6,11H2,2-4H3,(H2,22,23,24,25)/t16-/m1/s1. The van der Waals surface area contributed by atoms with E-state index in [0.717, 1.165) is 5.56 Å². The summed E-state index contributed by atoms with van der Waals surface area (Å²) in [5.41, 5.74) is 1.85. The third-order valence-corrected chi connectivity index (χ3v) is 5.37. The molecule has 0 spiro atoms. The molecule has 2 aromatic rings. The first kappa shape index (κ1) is 20.7. The van der Waals surface area contributed by atoms with E-state index in [4.69, 9.17) is 9.47 Å². The fourth-order valence-corrected chi connectivity index (χ4v) is 3.84. The Morgan fingerprint density at radius 2 is 2.07 bits per heavy atom. The number of H-pyrrole nitrogens is 1. The second kappa shape index (κ2) is 9.00. The first-order chi connectivity index (χ1) is 14.0. The summed E-state index contributed by atoms with van der Waals surface area (Å²) in [6.45, 7) is 7.46. The van der Waals surface area contributed by atoms with Gasteiger partial charge in [-0.05, 0) is 31.5 Å². The highest BCUT2D eigenvalue weighted by Crippen LogP contribution is 2.40. The van der Waals surface area contributed by atoms with Gasteiger partial charge in [-0.15, -0.1) is 6.58 Å². The van der Waals surface area contributed by atoms with Crippen LogP contribution in [-0.2, 0) is 9.53 Å². The summed E-state index contributed by atoms with van der Waals surface area (Å²) in [5.74, 6) is 0.669. The molecule has 1 aliphatic rings. The van der Waals surface area contributed by atoms with Gasteiger partial charge in [0.05, 0.1) is 30.8 Å². The lowest BCUT2D eigenvalue weighted by atomic mass is 9.82. The van der Waals surface area contributed by atoms with Crippen molar-refractivity contribution >= 4 is 23.5 Å².